The highest BCUT2D eigenvalue weighted by molar-refractivity contribution is 5.75. The number of hydrogen-bond donors (Lipinski definition) is 0. The third-order valence-electron chi connectivity index (χ3n) is 2.47. The van der Waals surface area contributed by atoms with E-state index in [2.05, 4.69) is 11.1 Å². The fourth-order valence-corrected chi connectivity index (χ4v) is 1.60. The number of aromatic nitrogens is 1. The zero-order valence-corrected chi connectivity index (χ0v) is 9.41. The number of ketones is 1. The Morgan fingerprint density at radius 3 is 2.73 bits per heavy atom. The van der Waals surface area contributed by atoms with Crippen molar-refractivity contribution in [3.05, 3.63) is 30.1 Å². The fourth-order valence-electron chi connectivity index (χ4n) is 1.60. The Bertz CT molecular complexity index is 282. The van der Waals surface area contributed by atoms with Crippen molar-refractivity contribution < 1.29 is 4.79 Å². The molecule has 0 N–H and O–H groups in total. The molecule has 0 aliphatic heterocycles. The van der Waals surface area contributed by atoms with E-state index in [0.29, 0.717) is 5.78 Å². The third kappa shape index (κ3) is 6.00. The molecule has 0 fully saturated rings. The van der Waals surface area contributed by atoms with E-state index in [-0.39, 0.29) is 0 Å². The van der Waals surface area contributed by atoms with Crippen LogP contribution in [0.3, 0.4) is 0 Å². The van der Waals surface area contributed by atoms with Gasteiger partial charge < -0.3 is 4.79 Å². The minimum absolute atomic E-state index is 0.308. The van der Waals surface area contributed by atoms with Crippen LogP contribution in [0.15, 0.2) is 24.5 Å². The van der Waals surface area contributed by atoms with Gasteiger partial charge in [-0.05, 0) is 37.8 Å². The van der Waals surface area contributed by atoms with Crippen molar-refractivity contribution in [2.45, 2.75) is 45.4 Å². The Labute approximate surface area is 91.7 Å². The summed E-state index contributed by atoms with van der Waals surface area (Å²) in [7, 11) is 0. The molecule has 0 aliphatic rings. The van der Waals surface area contributed by atoms with Crippen molar-refractivity contribution >= 4 is 5.78 Å². The molecule has 0 aliphatic carbocycles. The Morgan fingerprint density at radius 2 is 2.07 bits per heavy atom. The number of carbonyl (C=O) groups is 1. The molecule has 1 aromatic rings. The van der Waals surface area contributed by atoms with Crippen LogP contribution in [0.25, 0.3) is 0 Å². The average Bonchev–Trinajstić information content (AvgIpc) is 2.24. The maximum Gasteiger partial charge on any atom is 0.129 e. The van der Waals surface area contributed by atoms with E-state index in [1.54, 1.807) is 13.1 Å². The van der Waals surface area contributed by atoms with Crippen molar-refractivity contribution in [2.24, 2.45) is 0 Å². The molecule has 0 aromatic carbocycles. The largest absolute Gasteiger partial charge is 0.300 e. The van der Waals surface area contributed by atoms with Crippen LogP contribution in [-0.4, -0.2) is 10.8 Å². The lowest BCUT2D eigenvalue weighted by Gasteiger charge is -2.00. The van der Waals surface area contributed by atoms with Gasteiger partial charge in [0.05, 0.1) is 0 Å². The summed E-state index contributed by atoms with van der Waals surface area (Å²) in [6.45, 7) is 1.66. The lowest BCUT2D eigenvalue weighted by Crippen LogP contribution is -1.90. The Kier molecular flexibility index (Phi) is 5.67. The van der Waals surface area contributed by atoms with Crippen molar-refractivity contribution in [3.63, 3.8) is 0 Å². The number of Topliss-reactive ketones (excluding diaryl/α,β-unsaturated/α-hetero) is 1. The molecule has 1 aromatic heterocycles. The first-order valence-corrected chi connectivity index (χ1v) is 5.67. The maximum atomic E-state index is 10.7. The van der Waals surface area contributed by atoms with E-state index in [1.807, 2.05) is 12.3 Å². The summed E-state index contributed by atoms with van der Waals surface area (Å²) in [5, 5.41) is 0. The predicted molar refractivity (Wildman–Crippen MR) is 61.7 cm³/mol. The van der Waals surface area contributed by atoms with Crippen LogP contribution in [0.4, 0.5) is 0 Å². The van der Waals surface area contributed by atoms with Crippen molar-refractivity contribution in [1.29, 1.82) is 0 Å². The Morgan fingerprint density at radius 1 is 1.27 bits per heavy atom. The summed E-state index contributed by atoms with van der Waals surface area (Å²) in [6.07, 6.45) is 10.2. The second-order valence-corrected chi connectivity index (χ2v) is 3.98. The van der Waals surface area contributed by atoms with E-state index < -0.39 is 0 Å². The zero-order chi connectivity index (χ0) is 10.9. The van der Waals surface area contributed by atoms with Gasteiger partial charge in [0.1, 0.15) is 5.78 Å². The number of hydrogen-bond acceptors (Lipinski definition) is 2. The molecule has 0 unspecified atom stereocenters. The first-order chi connectivity index (χ1) is 7.29. The van der Waals surface area contributed by atoms with Gasteiger partial charge in [-0.1, -0.05) is 18.9 Å². The molecule has 82 valence electrons. The number of pyridine rings is 1. The number of unbranched alkanes of at least 4 members (excludes halogenated alkanes) is 3. The van der Waals surface area contributed by atoms with E-state index in [4.69, 9.17) is 0 Å². The van der Waals surface area contributed by atoms with Crippen LogP contribution in [0.5, 0.6) is 0 Å². The van der Waals surface area contributed by atoms with Crippen molar-refractivity contribution in [2.75, 3.05) is 0 Å². The molecule has 0 saturated heterocycles. The van der Waals surface area contributed by atoms with Crippen LogP contribution in [0.1, 0.15) is 44.6 Å². The highest BCUT2D eigenvalue weighted by Crippen LogP contribution is 2.07. The molecule has 0 spiro atoms. The minimum atomic E-state index is 0.308. The number of carbonyl (C=O) groups excluding carboxylic acids is 1. The van der Waals surface area contributed by atoms with Crippen LogP contribution in [0.2, 0.25) is 0 Å². The summed E-state index contributed by atoms with van der Waals surface area (Å²) in [6, 6.07) is 4.09. The monoisotopic (exact) mass is 205 g/mol. The fraction of sp³-hybridized carbons (Fsp3) is 0.538. The first-order valence-electron chi connectivity index (χ1n) is 5.67. The molecule has 1 rings (SSSR count). The lowest BCUT2D eigenvalue weighted by atomic mass is 10.1. The molecular weight excluding hydrogens is 186 g/mol. The van der Waals surface area contributed by atoms with E-state index in [9.17, 15) is 4.79 Å². The van der Waals surface area contributed by atoms with Gasteiger partial charge >= 0.3 is 0 Å². The summed E-state index contributed by atoms with van der Waals surface area (Å²) >= 11 is 0. The second kappa shape index (κ2) is 7.16. The highest BCUT2D eigenvalue weighted by atomic mass is 16.1. The minimum Gasteiger partial charge on any atom is -0.300 e. The van der Waals surface area contributed by atoms with Crippen molar-refractivity contribution in [3.8, 4) is 0 Å². The van der Waals surface area contributed by atoms with Gasteiger partial charge in [0.15, 0.2) is 0 Å². The van der Waals surface area contributed by atoms with Crippen LogP contribution >= 0.6 is 0 Å². The Balaban J connectivity index is 2.00. The molecular formula is C13H19NO. The number of nitrogens with zero attached hydrogens (tertiary/aromatic N) is 1. The lowest BCUT2D eigenvalue weighted by molar-refractivity contribution is -0.117. The molecule has 0 atom stereocenters. The molecule has 0 radical (unpaired) electrons. The van der Waals surface area contributed by atoms with Gasteiger partial charge in [-0.25, -0.2) is 0 Å². The number of aryl methyl sites for hydroxylation is 1. The summed E-state index contributed by atoms with van der Waals surface area (Å²) in [5.74, 6) is 0.308. The van der Waals surface area contributed by atoms with Gasteiger partial charge in [-0.2, -0.15) is 0 Å². The molecule has 0 bridgehead atoms. The summed E-state index contributed by atoms with van der Waals surface area (Å²) in [4.78, 5) is 14.8. The van der Waals surface area contributed by atoms with Gasteiger partial charge in [0.2, 0.25) is 0 Å². The normalized spacial score (nSPS) is 10.2. The predicted octanol–water partition coefficient (Wildman–Crippen LogP) is 3.16. The average molecular weight is 205 g/mol. The second-order valence-electron chi connectivity index (χ2n) is 3.98. The highest BCUT2D eigenvalue weighted by Gasteiger charge is 1.95. The third-order valence-corrected chi connectivity index (χ3v) is 2.47. The van der Waals surface area contributed by atoms with Crippen LogP contribution < -0.4 is 0 Å². The summed E-state index contributed by atoms with van der Waals surface area (Å²) < 4.78 is 0. The smallest absolute Gasteiger partial charge is 0.129 e. The molecule has 0 saturated carbocycles. The van der Waals surface area contributed by atoms with Gasteiger partial charge in [-0.3, -0.25) is 4.98 Å². The van der Waals surface area contributed by atoms with Crippen LogP contribution in [0, 0.1) is 0 Å². The quantitative estimate of drug-likeness (QED) is 0.640. The van der Waals surface area contributed by atoms with E-state index >= 15 is 0 Å². The van der Waals surface area contributed by atoms with Crippen LogP contribution in [-0.2, 0) is 11.2 Å². The first kappa shape index (κ1) is 11.9. The van der Waals surface area contributed by atoms with Gasteiger partial charge in [0.25, 0.3) is 0 Å². The molecule has 1 heterocycles. The maximum absolute atomic E-state index is 10.7. The Hall–Kier alpha value is -1.18. The molecule has 2 heteroatoms. The van der Waals surface area contributed by atoms with Gasteiger partial charge in [0, 0.05) is 18.8 Å². The topological polar surface area (TPSA) is 30.0 Å². The standard InChI is InChI=1S/C13H19NO/c1-12(15)7-4-2-3-5-8-13-9-6-10-14-11-13/h6,9-11H,2-5,7-8H2,1H3. The zero-order valence-electron chi connectivity index (χ0n) is 9.41. The molecule has 15 heavy (non-hydrogen) atoms. The number of rotatable bonds is 7. The molecule has 0 amide bonds. The van der Waals surface area contributed by atoms with E-state index in [0.717, 1.165) is 19.3 Å². The van der Waals surface area contributed by atoms with E-state index in [1.165, 1.54) is 24.8 Å². The molecule has 2 nitrogen and oxygen atoms in total. The SMILES string of the molecule is CC(=O)CCCCCCc1cccnc1. The van der Waals surface area contributed by atoms with Crippen molar-refractivity contribution in [1.82, 2.24) is 4.98 Å². The summed E-state index contributed by atoms with van der Waals surface area (Å²) in [5.41, 5.74) is 1.31. The van der Waals surface area contributed by atoms with Gasteiger partial charge in [-0.15, -0.1) is 0 Å².